The van der Waals surface area contributed by atoms with Crippen molar-refractivity contribution in [3.63, 3.8) is 0 Å². The number of imidazole rings is 1. The van der Waals surface area contributed by atoms with Crippen LogP contribution in [0.1, 0.15) is 32.1 Å². The average molecular weight is 462 g/mol. The van der Waals surface area contributed by atoms with Crippen LogP contribution in [0.4, 0.5) is 10.5 Å². The number of carbonyl (C=O) groups excluding carboxylic acids is 3. The van der Waals surface area contributed by atoms with Crippen molar-refractivity contribution in [2.45, 2.75) is 47.7 Å². The van der Waals surface area contributed by atoms with E-state index in [9.17, 15) is 14.4 Å². The van der Waals surface area contributed by atoms with Crippen molar-refractivity contribution in [1.29, 1.82) is 0 Å². The number of hydrogen-bond donors (Lipinski definition) is 1. The number of urea groups is 1. The number of carbonyl (C=O) groups is 3. The maximum atomic E-state index is 13.1. The van der Waals surface area contributed by atoms with Crippen molar-refractivity contribution in [3.05, 3.63) is 35.6 Å². The molecule has 4 amide bonds. The Kier molecular flexibility index (Phi) is 5.98. The van der Waals surface area contributed by atoms with Crippen LogP contribution >= 0.6 is 23.4 Å². The third-order valence-electron chi connectivity index (χ3n) is 5.98. The van der Waals surface area contributed by atoms with Gasteiger partial charge in [0, 0.05) is 36.4 Å². The molecule has 0 bridgehead atoms. The van der Waals surface area contributed by atoms with Gasteiger partial charge in [-0.2, -0.15) is 0 Å². The number of anilines is 1. The van der Waals surface area contributed by atoms with E-state index in [0.29, 0.717) is 23.6 Å². The molecule has 164 valence electrons. The Bertz CT molecular complexity index is 1030. The Morgan fingerprint density at radius 1 is 1.23 bits per heavy atom. The van der Waals surface area contributed by atoms with Crippen LogP contribution in [0.2, 0.25) is 5.02 Å². The van der Waals surface area contributed by atoms with Crippen molar-refractivity contribution in [1.82, 2.24) is 19.4 Å². The van der Waals surface area contributed by atoms with E-state index in [1.807, 2.05) is 17.8 Å². The maximum absolute atomic E-state index is 13.1. The molecule has 4 rings (SSSR count). The number of aromatic nitrogens is 2. The van der Waals surface area contributed by atoms with E-state index in [1.54, 1.807) is 31.4 Å². The molecule has 8 nitrogen and oxygen atoms in total. The van der Waals surface area contributed by atoms with Gasteiger partial charge in [-0.3, -0.25) is 14.5 Å². The summed E-state index contributed by atoms with van der Waals surface area (Å²) >= 11 is 7.52. The highest BCUT2D eigenvalue weighted by atomic mass is 35.5. The summed E-state index contributed by atoms with van der Waals surface area (Å²) in [6.07, 6.45) is 7.68. The molecule has 2 aliphatic rings. The van der Waals surface area contributed by atoms with Crippen LogP contribution in [0.15, 0.2) is 40.6 Å². The molecule has 2 heterocycles. The average Bonchev–Trinajstić information content (AvgIpc) is 3.22. The zero-order chi connectivity index (χ0) is 22.2. The van der Waals surface area contributed by atoms with Gasteiger partial charge >= 0.3 is 6.03 Å². The zero-order valence-corrected chi connectivity index (χ0v) is 19.0. The summed E-state index contributed by atoms with van der Waals surface area (Å²) in [5.41, 5.74) is -0.296. The molecule has 31 heavy (non-hydrogen) atoms. The minimum Gasteiger partial charge on any atom is -0.329 e. The molecular weight excluding hydrogens is 438 g/mol. The lowest BCUT2D eigenvalue weighted by molar-refractivity contribution is -0.136. The molecule has 2 aromatic rings. The molecule has 0 unspecified atom stereocenters. The van der Waals surface area contributed by atoms with Crippen molar-refractivity contribution in [2.75, 3.05) is 18.9 Å². The predicted octanol–water partition coefficient (Wildman–Crippen LogP) is 3.76. The molecule has 0 atom stereocenters. The first-order chi connectivity index (χ1) is 14.8. The second kappa shape index (κ2) is 8.55. The molecule has 2 fully saturated rings. The summed E-state index contributed by atoms with van der Waals surface area (Å²) in [5, 5.41) is 4.03. The van der Waals surface area contributed by atoms with Gasteiger partial charge in [0.2, 0.25) is 5.91 Å². The number of amides is 4. The normalized spacial score (nSPS) is 18.2. The molecule has 1 aliphatic heterocycles. The van der Waals surface area contributed by atoms with Gasteiger partial charge in [-0.25, -0.2) is 9.78 Å². The minimum absolute atomic E-state index is 0.274. The quantitative estimate of drug-likeness (QED) is 0.685. The molecule has 1 saturated heterocycles. The van der Waals surface area contributed by atoms with E-state index in [4.69, 9.17) is 11.6 Å². The SMILES string of the molecule is CN1C(=O)N(CC(=O)Nc2cc(Cl)ccc2Sc2nccn2C)C(=O)C12CCCCC2. The molecule has 0 radical (unpaired) electrons. The van der Waals surface area contributed by atoms with Gasteiger partial charge in [0.25, 0.3) is 5.91 Å². The highest BCUT2D eigenvalue weighted by molar-refractivity contribution is 7.99. The van der Waals surface area contributed by atoms with Crippen molar-refractivity contribution >= 4 is 46.9 Å². The number of likely N-dealkylation sites (N-methyl/N-ethyl adjacent to an activating group) is 1. The summed E-state index contributed by atoms with van der Waals surface area (Å²) in [7, 11) is 3.54. The summed E-state index contributed by atoms with van der Waals surface area (Å²) in [5.74, 6) is -0.726. The lowest BCUT2D eigenvalue weighted by Crippen LogP contribution is -2.49. The summed E-state index contributed by atoms with van der Waals surface area (Å²) < 4.78 is 1.87. The molecule has 1 aromatic heterocycles. The molecule has 1 aromatic carbocycles. The lowest BCUT2D eigenvalue weighted by atomic mass is 9.81. The van der Waals surface area contributed by atoms with Crippen LogP contribution in [0.5, 0.6) is 0 Å². The van der Waals surface area contributed by atoms with Gasteiger partial charge in [-0.05, 0) is 42.8 Å². The first-order valence-electron chi connectivity index (χ1n) is 10.2. The molecule has 1 aliphatic carbocycles. The van der Waals surface area contributed by atoms with Gasteiger partial charge in [-0.15, -0.1) is 0 Å². The van der Waals surface area contributed by atoms with Gasteiger partial charge in [-0.1, -0.05) is 30.9 Å². The third-order valence-corrected chi connectivity index (χ3v) is 7.37. The minimum atomic E-state index is -0.801. The van der Waals surface area contributed by atoms with E-state index >= 15 is 0 Å². The lowest BCUT2D eigenvalue weighted by Gasteiger charge is -2.35. The standard InChI is InChI=1S/C21H24ClN5O3S/c1-25-11-10-23-19(25)31-16-7-6-14(22)12-15(16)24-17(28)13-27-18(29)21(26(2)20(27)30)8-4-3-5-9-21/h6-7,10-12H,3-5,8-9,13H2,1-2H3,(H,24,28). The van der Waals surface area contributed by atoms with E-state index in [-0.39, 0.29) is 12.5 Å². The second-order valence-corrected chi connectivity index (χ2v) is 9.38. The van der Waals surface area contributed by atoms with Crippen LogP contribution < -0.4 is 5.32 Å². The number of aryl methyl sites for hydroxylation is 1. The Balaban J connectivity index is 1.50. The summed E-state index contributed by atoms with van der Waals surface area (Å²) in [4.78, 5) is 46.3. The number of nitrogens with zero attached hydrogens (tertiary/aromatic N) is 4. The van der Waals surface area contributed by atoms with E-state index in [2.05, 4.69) is 10.3 Å². The Morgan fingerprint density at radius 3 is 2.65 bits per heavy atom. The number of imide groups is 1. The van der Waals surface area contributed by atoms with Crippen LogP contribution in [0, 0.1) is 0 Å². The van der Waals surface area contributed by atoms with Crippen LogP contribution in [0.25, 0.3) is 0 Å². The third kappa shape index (κ3) is 4.04. The fourth-order valence-corrected chi connectivity index (χ4v) is 5.29. The number of nitrogens with one attached hydrogen (secondary N) is 1. The summed E-state index contributed by atoms with van der Waals surface area (Å²) in [6.45, 7) is -0.331. The van der Waals surface area contributed by atoms with Crippen LogP contribution in [-0.4, -0.2) is 56.3 Å². The number of benzene rings is 1. The molecule has 1 saturated carbocycles. The maximum Gasteiger partial charge on any atom is 0.327 e. The Morgan fingerprint density at radius 2 is 1.97 bits per heavy atom. The van der Waals surface area contributed by atoms with E-state index in [1.165, 1.54) is 16.7 Å². The van der Waals surface area contributed by atoms with Gasteiger partial charge in [0.05, 0.1) is 5.69 Å². The fraction of sp³-hybridized carbons (Fsp3) is 0.429. The molecule has 10 heteroatoms. The molecule has 1 spiro atoms. The summed E-state index contributed by atoms with van der Waals surface area (Å²) in [6, 6.07) is 4.76. The number of rotatable bonds is 5. The monoisotopic (exact) mass is 461 g/mol. The van der Waals surface area contributed by atoms with Crippen molar-refractivity contribution < 1.29 is 14.4 Å². The van der Waals surface area contributed by atoms with Gasteiger partial charge in [0.1, 0.15) is 12.1 Å². The van der Waals surface area contributed by atoms with E-state index in [0.717, 1.165) is 34.2 Å². The number of halogens is 1. The topological polar surface area (TPSA) is 87.5 Å². The molecule has 1 N–H and O–H groups in total. The van der Waals surface area contributed by atoms with Gasteiger partial charge < -0.3 is 14.8 Å². The predicted molar refractivity (Wildman–Crippen MR) is 118 cm³/mol. The van der Waals surface area contributed by atoms with Crippen LogP contribution in [0.3, 0.4) is 0 Å². The Labute approximate surface area is 189 Å². The van der Waals surface area contributed by atoms with Crippen molar-refractivity contribution in [3.8, 4) is 0 Å². The largest absolute Gasteiger partial charge is 0.329 e. The molecular formula is C21H24ClN5O3S. The fourth-order valence-electron chi connectivity index (χ4n) is 4.24. The smallest absolute Gasteiger partial charge is 0.327 e. The number of hydrogen-bond acceptors (Lipinski definition) is 5. The Hall–Kier alpha value is -2.52. The van der Waals surface area contributed by atoms with Gasteiger partial charge in [0.15, 0.2) is 5.16 Å². The second-order valence-electron chi connectivity index (χ2n) is 7.94. The first kappa shape index (κ1) is 21.7. The highest BCUT2D eigenvalue weighted by Crippen LogP contribution is 2.39. The van der Waals surface area contributed by atoms with Crippen LogP contribution in [-0.2, 0) is 16.6 Å². The zero-order valence-electron chi connectivity index (χ0n) is 17.4. The highest BCUT2D eigenvalue weighted by Gasteiger charge is 2.55. The van der Waals surface area contributed by atoms with Crippen molar-refractivity contribution in [2.24, 2.45) is 7.05 Å². The van der Waals surface area contributed by atoms with E-state index < -0.39 is 17.5 Å². The first-order valence-corrected chi connectivity index (χ1v) is 11.4.